The second-order valence-corrected chi connectivity index (χ2v) is 11.0. The summed E-state index contributed by atoms with van der Waals surface area (Å²) >= 11 is 0. The lowest BCUT2D eigenvalue weighted by Crippen LogP contribution is -2.44. The van der Waals surface area contributed by atoms with E-state index >= 15 is 8.78 Å². The Kier molecular flexibility index (Phi) is 7.48. The number of ether oxygens (including phenoxy) is 2. The number of fused-ring (bicyclic) bond motifs is 1. The Morgan fingerprint density at radius 1 is 1.10 bits per heavy atom. The number of aromatic nitrogens is 4. The van der Waals surface area contributed by atoms with Crippen LogP contribution in [0.15, 0.2) is 48.9 Å². The zero-order valence-corrected chi connectivity index (χ0v) is 22.3. The zero-order chi connectivity index (χ0) is 27.8. The first-order valence-corrected chi connectivity index (χ1v) is 13.8. The van der Waals surface area contributed by atoms with Crippen LogP contribution in [-0.2, 0) is 11.2 Å². The van der Waals surface area contributed by atoms with Crippen LogP contribution in [-0.4, -0.2) is 56.2 Å². The summed E-state index contributed by atoms with van der Waals surface area (Å²) in [5.74, 6) is -0.427. The molecule has 10 heteroatoms. The number of benzene rings is 1. The molecule has 1 aromatic carbocycles. The normalized spacial score (nSPS) is 23.9. The van der Waals surface area contributed by atoms with E-state index in [-0.39, 0.29) is 41.0 Å². The first kappa shape index (κ1) is 26.7. The minimum atomic E-state index is -0.741. The van der Waals surface area contributed by atoms with Crippen LogP contribution in [0.25, 0.3) is 16.8 Å². The number of halogens is 2. The summed E-state index contributed by atoms with van der Waals surface area (Å²) < 4.78 is 43.2. The van der Waals surface area contributed by atoms with Gasteiger partial charge in [0.1, 0.15) is 29.3 Å². The molecule has 1 aliphatic carbocycles. The lowest BCUT2D eigenvalue weighted by molar-refractivity contribution is 0.0253. The van der Waals surface area contributed by atoms with Gasteiger partial charge in [-0.05, 0) is 54.0 Å². The quantitative estimate of drug-likeness (QED) is 0.367. The Bertz CT molecular complexity index is 1470. The third kappa shape index (κ3) is 5.31. The van der Waals surface area contributed by atoms with Gasteiger partial charge < -0.3 is 20.3 Å². The highest BCUT2D eigenvalue weighted by molar-refractivity contribution is 5.64. The maximum absolute atomic E-state index is 15.2. The topological polar surface area (TPSA) is 108 Å². The van der Waals surface area contributed by atoms with Gasteiger partial charge >= 0.3 is 0 Å². The van der Waals surface area contributed by atoms with E-state index in [4.69, 9.17) is 15.2 Å². The molecule has 40 heavy (non-hydrogen) atoms. The minimum absolute atomic E-state index is 0.0875. The minimum Gasteiger partial charge on any atom is -0.490 e. The fourth-order valence-electron chi connectivity index (χ4n) is 6.02. The van der Waals surface area contributed by atoms with Crippen LogP contribution >= 0.6 is 0 Å². The van der Waals surface area contributed by atoms with Gasteiger partial charge in [0, 0.05) is 49.8 Å². The number of pyridine rings is 1. The predicted octanol–water partition coefficient (Wildman–Crippen LogP) is 4.42. The summed E-state index contributed by atoms with van der Waals surface area (Å²) in [6.45, 7) is 3.16. The van der Waals surface area contributed by atoms with Gasteiger partial charge in [-0.25, -0.2) is 18.3 Å². The van der Waals surface area contributed by atoms with Crippen molar-refractivity contribution in [2.24, 2.45) is 11.7 Å². The molecular formula is C30H33F2N5O3. The highest BCUT2D eigenvalue weighted by Crippen LogP contribution is 2.37. The molecule has 1 aliphatic heterocycles. The fourth-order valence-corrected chi connectivity index (χ4v) is 6.02. The maximum atomic E-state index is 15.2. The van der Waals surface area contributed by atoms with Crippen molar-refractivity contribution in [3.05, 3.63) is 77.5 Å². The molecule has 3 N–H and O–H groups in total. The Morgan fingerprint density at radius 3 is 2.62 bits per heavy atom. The molecule has 8 nitrogen and oxygen atoms in total. The van der Waals surface area contributed by atoms with Crippen LogP contribution in [0, 0.1) is 17.6 Å². The Morgan fingerprint density at radius 2 is 1.88 bits per heavy atom. The molecule has 0 bridgehead atoms. The van der Waals surface area contributed by atoms with Gasteiger partial charge in [0.2, 0.25) is 0 Å². The molecule has 0 radical (unpaired) electrons. The number of aliphatic hydroxyl groups is 1. The number of rotatable bonds is 6. The molecule has 3 aromatic heterocycles. The fraction of sp³-hybridized carbons (Fsp3) is 0.433. The third-order valence-electron chi connectivity index (χ3n) is 8.16. The molecule has 6 rings (SSSR count). The zero-order valence-electron chi connectivity index (χ0n) is 22.3. The van der Waals surface area contributed by atoms with Gasteiger partial charge in [-0.3, -0.25) is 4.98 Å². The maximum Gasteiger partial charge on any atom is 0.139 e. The molecule has 4 atom stereocenters. The summed E-state index contributed by atoms with van der Waals surface area (Å²) in [7, 11) is 0. The van der Waals surface area contributed by atoms with E-state index in [1.165, 1.54) is 12.1 Å². The van der Waals surface area contributed by atoms with Crippen LogP contribution in [0.1, 0.15) is 55.5 Å². The van der Waals surface area contributed by atoms with Gasteiger partial charge in [0.25, 0.3) is 0 Å². The molecule has 210 valence electrons. The van der Waals surface area contributed by atoms with Gasteiger partial charge in [-0.1, -0.05) is 6.92 Å². The predicted molar refractivity (Wildman–Crippen MR) is 145 cm³/mol. The highest BCUT2D eigenvalue weighted by Gasteiger charge is 2.34. The van der Waals surface area contributed by atoms with Crippen LogP contribution in [0.2, 0.25) is 0 Å². The molecule has 2 aliphatic rings. The number of imidazole rings is 1. The molecule has 0 spiro atoms. The van der Waals surface area contributed by atoms with Gasteiger partial charge in [-0.15, -0.1) is 0 Å². The van der Waals surface area contributed by atoms with Crippen molar-refractivity contribution in [1.29, 1.82) is 0 Å². The second-order valence-electron chi connectivity index (χ2n) is 11.0. The summed E-state index contributed by atoms with van der Waals surface area (Å²) in [6, 6.07) is 7.47. The Hall–Kier alpha value is -3.47. The van der Waals surface area contributed by atoms with Gasteiger partial charge in [-0.2, -0.15) is 5.10 Å². The molecule has 1 saturated heterocycles. The van der Waals surface area contributed by atoms with Crippen LogP contribution in [0.5, 0.6) is 5.75 Å². The molecule has 1 saturated carbocycles. The number of nitrogens with zero attached hydrogens (tertiary/aromatic N) is 4. The summed E-state index contributed by atoms with van der Waals surface area (Å²) in [5, 5.41) is 14.9. The van der Waals surface area contributed by atoms with E-state index in [2.05, 4.69) is 15.1 Å². The van der Waals surface area contributed by atoms with E-state index in [0.717, 1.165) is 17.5 Å². The summed E-state index contributed by atoms with van der Waals surface area (Å²) in [5.41, 5.74) is 9.00. The van der Waals surface area contributed by atoms with Crippen molar-refractivity contribution in [3.8, 4) is 17.0 Å². The smallest absolute Gasteiger partial charge is 0.139 e. The van der Waals surface area contributed by atoms with Crippen molar-refractivity contribution in [2.75, 3.05) is 13.2 Å². The lowest BCUT2D eigenvalue weighted by Gasteiger charge is -2.36. The highest BCUT2D eigenvalue weighted by atomic mass is 19.1. The average Bonchev–Trinajstić information content (AvgIpc) is 3.34. The summed E-state index contributed by atoms with van der Waals surface area (Å²) in [4.78, 5) is 8.90. The molecule has 4 aromatic rings. The number of hydrogen-bond donors (Lipinski definition) is 2. The average molecular weight is 550 g/mol. The van der Waals surface area contributed by atoms with Crippen molar-refractivity contribution in [3.63, 3.8) is 0 Å². The summed E-state index contributed by atoms with van der Waals surface area (Å²) in [6.07, 6.45) is 7.93. The standard InChI is InChI=1S/C30H33F2N5O3/c1-17-10-18(11-26(33)30(17)38)23-4-7-34-15-19(23)12-28-35-16-20-2-3-27(36-37(20)28)29-24(31)13-22(14-25(29)32)40-21-5-8-39-9-6-21/h2-4,7,13-18,21,26,30,38H,5-6,8-12,33H2,1H3/t17-,18+,26+,30-/m0/s1. The monoisotopic (exact) mass is 549 g/mol. The second kappa shape index (κ2) is 11.2. The van der Waals surface area contributed by atoms with E-state index in [1.54, 1.807) is 29.0 Å². The van der Waals surface area contributed by atoms with E-state index < -0.39 is 17.7 Å². The molecule has 0 unspecified atom stereocenters. The van der Waals surface area contributed by atoms with Crippen LogP contribution < -0.4 is 10.5 Å². The first-order valence-electron chi connectivity index (χ1n) is 13.8. The SMILES string of the molecule is C[C@H]1C[C@@H](c2ccncc2Cc2ncc3ccc(-c4c(F)cc(OC5CCOCC5)cc4F)nn23)C[C@@H](N)[C@H]1O. The van der Waals surface area contributed by atoms with E-state index in [0.29, 0.717) is 50.2 Å². The van der Waals surface area contributed by atoms with Crippen LogP contribution in [0.4, 0.5) is 8.78 Å². The van der Waals surface area contributed by atoms with Crippen molar-refractivity contribution in [2.45, 2.75) is 63.2 Å². The third-order valence-corrected chi connectivity index (χ3v) is 8.16. The lowest BCUT2D eigenvalue weighted by atomic mass is 9.74. The van der Waals surface area contributed by atoms with Crippen molar-refractivity contribution < 1.29 is 23.4 Å². The van der Waals surface area contributed by atoms with Crippen molar-refractivity contribution >= 4 is 5.52 Å². The Balaban J connectivity index is 1.29. The molecular weight excluding hydrogens is 516 g/mol. The number of aliphatic hydroxyl groups excluding tert-OH is 1. The van der Waals surface area contributed by atoms with Gasteiger partial charge in [0.15, 0.2) is 0 Å². The Labute approximate surface area is 231 Å². The number of nitrogens with two attached hydrogens (primary N) is 1. The number of hydrogen-bond acceptors (Lipinski definition) is 7. The van der Waals surface area contributed by atoms with Crippen molar-refractivity contribution in [1.82, 2.24) is 19.6 Å². The van der Waals surface area contributed by atoms with E-state index in [1.807, 2.05) is 19.2 Å². The van der Waals surface area contributed by atoms with E-state index in [9.17, 15) is 5.11 Å². The van der Waals surface area contributed by atoms with Gasteiger partial charge in [0.05, 0.1) is 42.3 Å². The molecule has 2 fully saturated rings. The largest absolute Gasteiger partial charge is 0.490 e. The molecule has 4 heterocycles. The molecule has 0 amide bonds. The first-order chi connectivity index (χ1) is 19.4. The van der Waals surface area contributed by atoms with Crippen LogP contribution in [0.3, 0.4) is 0 Å².